The van der Waals surface area contributed by atoms with Gasteiger partial charge in [-0.15, -0.1) is 0 Å². The number of Topliss-reactive ketones (excluding diaryl/α,β-unsaturated/α-hetero) is 1. The van der Waals surface area contributed by atoms with Crippen molar-refractivity contribution in [3.63, 3.8) is 0 Å². The van der Waals surface area contributed by atoms with E-state index in [1.807, 2.05) is 0 Å². The number of aliphatic hydroxyl groups is 1. The van der Waals surface area contributed by atoms with Crippen molar-refractivity contribution in [1.29, 1.82) is 0 Å². The summed E-state index contributed by atoms with van der Waals surface area (Å²) >= 11 is 5.93. The third-order valence-electron chi connectivity index (χ3n) is 4.60. The Hall–Kier alpha value is -1.92. The lowest BCUT2D eigenvalue weighted by Gasteiger charge is -2.43. The molecule has 1 aliphatic carbocycles. The van der Waals surface area contributed by atoms with Crippen LogP contribution >= 0.6 is 11.6 Å². The van der Waals surface area contributed by atoms with Gasteiger partial charge >= 0.3 is 11.9 Å². The molecule has 1 N–H and O–H groups in total. The van der Waals surface area contributed by atoms with Crippen molar-refractivity contribution in [1.82, 2.24) is 0 Å². The van der Waals surface area contributed by atoms with Gasteiger partial charge in [-0.2, -0.15) is 0 Å². The van der Waals surface area contributed by atoms with Crippen LogP contribution in [0.5, 0.6) is 0 Å². The molecule has 1 saturated carbocycles. The van der Waals surface area contributed by atoms with Crippen LogP contribution in [0.15, 0.2) is 24.3 Å². The molecule has 4 atom stereocenters. The second-order valence-electron chi connectivity index (χ2n) is 6.54. The van der Waals surface area contributed by atoms with Crippen LogP contribution < -0.4 is 0 Å². The summed E-state index contributed by atoms with van der Waals surface area (Å²) in [6.45, 7) is 4.94. The number of carbonyl (C=O) groups is 3. The van der Waals surface area contributed by atoms with E-state index in [0.717, 1.165) is 0 Å². The first-order valence-corrected chi connectivity index (χ1v) is 8.94. The largest absolute Gasteiger partial charge is 0.466 e. The van der Waals surface area contributed by atoms with Crippen LogP contribution in [0.25, 0.3) is 0 Å². The fourth-order valence-electron chi connectivity index (χ4n) is 3.56. The van der Waals surface area contributed by atoms with E-state index in [2.05, 4.69) is 0 Å². The Morgan fingerprint density at radius 2 is 1.69 bits per heavy atom. The highest BCUT2D eigenvalue weighted by Gasteiger charge is 2.57. The first-order valence-electron chi connectivity index (χ1n) is 8.56. The minimum absolute atomic E-state index is 0.108. The van der Waals surface area contributed by atoms with Gasteiger partial charge in [-0.05, 0) is 38.5 Å². The molecule has 1 aromatic rings. The monoisotopic (exact) mass is 382 g/mol. The van der Waals surface area contributed by atoms with Crippen LogP contribution in [0.2, 0.25) is 5.02 Å². The normalized spacial score (nSPS) is 28.5. The number of hydrogen-bond acceptors (Lipinski definition) is 6. The number of ketones is 1. The van der Waals surface area contributed by atoms with Crippen molar-refractivity contribution in [2.45, 2.75) is 38.7 Å². The zero-order valence-corrected chi connectivity index (χ0v) is 15.8. The average Bonchev–Trinajstić information content (AvgIpc) is 2.54. The van der Waals surface area contributed by atoms with Crippen molar-refractivity contribution in [3.05, 3.63) is 34.9 Å². The van der Waals surface area contributed by atoms with Gasteiger partial charge < -0.3 is 14.6 Å². The molecule has 2 rings (SSSR count). The van der Waals surface area contributed by atoms with Gasteiger partial charge in [0.1, 0.15) is 5.92 Å². The Labute approximate surface area is 157 Å². The molecule has 0 radical (unpaired) electrons. The number of ether oxygens (including phenoxy) is 2. The van der Waals surface area contributed by atoms with Gasteiger partial charge in [-0.1, -0.05) is 23.7 Å². The standard InChI is InChI=1S/C19H23ClO6/c1-4-25-17(22)15-13(21)10-19(3,24)16(18(23)26-5-2)14(15)11-6-8-12(20)9-7-11/h6-9,14-16,24H,4-5,10H2,1-3H3/t14-,15+,16+,19-/m1/s1. The maximum absolute atomic E-state index is 12.7. The first-order chi connectivity index (χ1) is 12.2. The molecule has 0 unspecified atom stereocenters. The minimum Gasteiger partial charge on any atom is -0.466 e. The van der Waals surface area contributed by atoms with Crippen molar-refractivity contribution in [2.24, 2.45) is 11.8 Å². The van der Waals surface area contributed by atoms with Crippen LogP contribution in [-0.2, 0) is 23.9 Å². The summed E-state index contributed by atoms with van der Waals surface area (Å²) in [5.41, 5.74) is -1.10. The highest BCUT2D eigenvalue weighted by Crippen LogP contribution is 2.46. The third kappa shape index (κ3) is 4.07. The number of rotatable bonds is 5. The van der Waals surface area contributed by atoms with Gasteiger partial charge in [0, 0.05) is 17.4 Å². The van der Waals surface area contributed by atoms with Gasteiger partial charge in [0.15, 0.2) is 5.78 Å². The third-order valence-corrected chi connectivity index (χ3v) is 4.86. The Bertz CT molecular complexity index is 682. The molecular formula is C19H23ClO6. The van der Waals surface area contributed by atoms with Crippen LogP contribution in [0, 0.1) is 11.8 Å². The summed E-state index contributed by atoms with van der Waals surface area (Å²) < 4.78 is 10.2. The molecule has 0 aliphatic heterocycles. The summed E-state index contributed by atoms with van der Waals surface area (Å²) in [7, 11) is 0. The van der Waals surface area contributed by atoms with Gasteiger partial charge in [-0.3, -0.25) is 14.4 Å². The average molecular weight is 383 g/mol. The molecule has 1 aliphatic rings. The van der Waals surface area contributed by atoms with Crippen molar-refractivity contribution in [3.8, 4) is 0 Å². The molecule has 1 fully saturated rings. The summed E-state index contributed by atoms with van der Waals surface area (Å²) in [5.74, 6) is -5.00. The van der Waals surface area contributed by atoms with Crippen molar-refractivity contribution < 1.29 is 29.0 Å². The number of halogens is 1. The molecule has 0 saturated heterocycles. The number of benzene rings is 1. The summed E-state index contributed by atoms with van der Waals surface area (Å²) in [5, 5.41) is 11.3. The molecule has 26 heavy (non-hydrogen) atoms. The molecule has 6 nitrogen and oxygen atoms in total. The molecule has 0 heterocycles. The molecule has 7 heteroatoms. The fraction of sp³-hybridized carbons (Fsp3) is 0.526. The topological polar surface area (TPSA) is 89.9 Å². The van der Waals surface area contributed by atoms with Gasteiger partial charge in [-0.25, -0.2) is 0 Å². The Balaban J connectivity index is 2.59. The quantitative estimate of drug-likeness (QED) is 0.621. The number of carbonyl (C=O) groups excluding carboxylic acids is 3. The van der Waals surface area contributed by atoms with E-state index in [9.17, 15) is 19.5 Å². The lowest BCUT2D eigenvalue weighted by molar-refractivity contribution is -0.172. The van der Waals surface area contributed by atoms with Gasteiger partial charge in [0.2, 0.25) is 0 Å². The Morgan fingerprint density at radius 3 is 2.23 bits per heavy atom. The predicted molar refractivity (Wildman–Crippen MR) is 94.7 cm³/mol. The second-order valence-corrected chi connectivity index (χ2v) is 6.97. The van der Waals surface area contributed by atoms with Crippen LogP contribution in [0.3, 0.4) is 0 Å². The van der Waals surface area contributed by atoms with E-state index in [-0.39, 0.29) is 19.6 Å². The molecular weight excluding hydrogens is 360 g/mol. The maximum Gasteiger partial charge on any atom is 0.317 e. The summed E-state index contributed by atoms with van der Waals surface area (Å²) in [6, 6.07) is 6.49. The lowest BCUT2D eigenvalue weighted by Crippen LogP contribution is -2.55. The van der Waals surface area contributed by atoms with Gasteiger partial charge in [0.05, 0.1) is 24.7 Å². The molecule has 142 valence electrons. The number of esters is 2. The van der Waals surface area contributed by atoms with E-state index in [4.69, 9.17) is 21.1 Å². The smallest absolute Gasteiger partial charge is 0.317 e. The van der Waals surface area contributed by atoms with E-state index >= 15 is 0 Å². The minimum atomic E-state index is -1.64. The zero-order chi connectivity index (χ0) is 19.5. The molecule has 0 amide bonds. The Kier molecular flexibility index (Phi) is 6.42. The van der Waals surface area contributed by atoms with Crippen molar-refractivity contribution >= 4 is 29.3 Å². The van der Waals surface area contributed by atoms with Crippen LogP contribution in [0.4, 0.5) is 0 Å². The van der Waals surface area contributed by atoms with Crippen LogP contribution in [-0.4, -0.2) is 41.6 Å². The molecule has 1 aromatic carbocycles. The fourth-order valence-corrected chi connectivity index (χ4v) is 3.69. The predicted octanol–water partition coefficient (Wildman–Crippen LogP) is 2.51. The maximum atomic E-state index is 12.7. The highest BCUT2D eigenvalue weighted by atomic mass is 35.5. The summed E-state index contributed by atoms with van der Waals surface area (Å²) in [6.07, 6.45) is -0.329. The van der Waals surface area contributed by atoms with Gasteiger partial charge in [0.25, 0.3) is 0 Å². The lowest BCUT2D eigenvalue weighted by atomic mass is 9.62. The van der Waals surface area contributed by atoms with Crippen LogP contribution in [0.1, 0.15) is 38.7 Å². The Morgan fingerprint density at radius 1 is 1.15 bits per heavy atom. The van der Waals surface area contributed by atoms with E-state index in [1.165, 1.54) is 6.92 Å². The first kappa shape index (κ1) is 20.4. The molecule has 0 bridgehead atoms. The summed E-state index contributed by atoms with van der Waals surface area (Å²) in [4.78, 5) is 37.8. The SMILES string of the molecule is CCOC(=O)[C@H]1C(=O)C[C@@](C)(O)[C@H](C(=O)OCC)[C@@H]1c1ccc(Cl)cc1. The van der Waals surface area contributed by atoms with E-state index in [0.29, 0.717) is 10.6 Å². The second kappa shape index (κ2) is 8.18. The number of hydrogen-bond donors (Lipinski definition) is 1. The van der Waals surface area contributed by atoms with Crippen molar-refractivity contribution in [2.75, 3.05) is 13.2 Å². The molecule has 0 spiro atoms. The highest BCUT2D eigenvalue weighted by molar-refractivity contribution is 6.30. The van der Waals surface area contributed by atoms with E-state index in [1.54, 1.807) is 38.1 Å². The van der Waals surface area contributed by atoms with E-state index < -0.39 is 41.1 Å². The zero-order valence-electron chi connectivity index (χ0n) is 15.0. The molecule has 0 aromatic heterocycles.